The number of fused-ring (bicyclic) bond motifs is 1. The number of halogens is 1. The van der Waals surface area contributed by atoms with Crippen LogP contribution in [-0.4, -0.2) is 74.7 Å². The van der Waals surface area contributed by atoms with Gasteiger partial charge in [-0.1, -0.05) is 65.9 Å². The van der Waals surface area contributed by atoms with E-state index in [4.69, 9.17) is 21.1 Å². The van der Waals surface area contributed by atoms with E-state index in [0.717, 1.165) is 71.6 Å². The van der Waals surface area contributed by atoms with Crippen molar-refractivity contribution in [1.29, 1.82) is 0 Å². The normalized spacial score (nSPS) is 13.5. The minimum Gasteiger partial charge on any atom is -0.465 e. The quantitative estimate of drug-likeness (QED) is 0.143. The van der Waals surface area contributed by atoms with Crippen LogP contribution in [0.25, 0.3) is 22.0 Å². The molecule has 234 valence electrons. The molecule has 0 radical (unpaired) electrons. The highest BCUT2D eigenvalue weighted by atomic mass is 35.5. The van der Waals surface area contributed by atoms with Crippen molar-refractivity contribution in [2.24, 2.45) is 0 Å². The van der Waals surface area contributed by atoms with E-state index in [0.29, 0.717) is 28.6 Å². The van der Waals surface area contributed by atoms with Crippen molar-refractivity contribution >= 4 is 34.2 Å². The number of hydrogen-bond donors (Lipinski definition) is 1. The maximum atomic E-state index is 12.7. The molecule has 0 atom stereocenters. The molecule has 0 unspecified atom stereocenters. The Kier molecular flexibility index (Phi) is 9.60. The molecule has 0 spiro atoms. The Balaban J connectivity index is 1.22. The van der Waals surface area contributed by atoms with Crippen molar-refractivity contribution in [3.8, 4) is 34.5 Å². The van der Waals surface area contributed by atoms with Crippen molar-refractivity contribution < 1.29 is 14.3 Å². The number of piperazine rings is 1. The van der Waals surface area contributed by atoms with Gasteiger partial charge in [-0.2, -0.15) is 0 Å². The molecule has 1 aliphatic heterocycles. The van der Waals surface area contributed by atoms with Crippen molar-refractivity contribution in [2.45, 2.75) is 6.54 Å². The minimum atomic E-state index is -0.438. The lowest BCUT2D eigenvalue weighted by Gasteiger charge is -2.36. The third-order valence-corrected chi connectivity index (χ3v) is 8.64. The molecule has 0 saturated carbocycles. The number of methoxy groups -OCH3 is 1. The Hall–Kier alpha value is -4.74. The zero-order chi connectivity index (χ0) is 32.0. The molecule has 6 rings (SSSR count). The van der Waals surface area contributed by atoms with Crippen LogP contribution in [-0.2, 0) is 11.3 Å². The average molecular weight is 633 g/mol. The van der Waals surface area contributed by atoms with Gasteiger partial charge in [-0.3, -0.25) is 9.80 Å². The fourth-order valence-electron chi connectivity index (χ4n) is 5.78. The molecule has 1 aliphatic rings. The van der Waals surface area contributed by atoms with E-state index in [1.54, 1.807) is 6.07 Å². The summed E-state index contributed by atoms with van der Waals surface area (Å²) < 4.78 is 11.4. The maximum Gasteiger partial charge on any atom is 0.341 e. The predicted molar refractivity (Wildman–Crippen MR) is 186 cm³/mol. The van der Waals surface area contributed by atoms with Crippen LogP contribution in [0.5, 0.6) is 11.5 Å². The van der Waals surface area contributed by atoms with Gasteiger partial charge in [0.1, 0.15) is 17.1 Å². The zero-order valence-corrected chi connectivity index (χ0v) is 27.1. The summed E-state index contributed by atoms with van der Waals surface area (Å²) in [6.07, 6.45) is 1.87. The molecule has 4 aromatic carbocycles. The first-order valence-electron chi connectivity index (χ1n) is 15.4. The molecule has 1 aromatic heterocycles. The van der Waals surface area contributed by atoms with Crippen LogP contribution in [0.2, 0.25) is 5.02 Å². The second kappa shape index (κ2) is 14.1. The van der Waals surface area contributed by atoms with Gasteiger partial charge in [0.25, 0.3) is 0 Å². The summed E-state index contributed by atoms with van der Waals surface area (Å²) in [7, 11) is 5.39. The van der Waals surface area contributed by atoms with E-state index in [-0.39, 0.29) is 0 Å². The molecule has 0 bridgehead atoms. The summed E-state index contributed by atoms with van der Waals surface area (Å²) in [5.41, 5.74) is 6.55. The number of benzene rings is 4. The smallest absolute Gasteiger partial charge is 0.341 e. The lowest BCUT2D eigenvalue weighted by Crippen LogP contribution is -2.46. The van der Waals surface area contributed by atoms with Crippen LogP contribution in [0, 0.1) is 11.8 Å². The number of hydrogen-bond acceptors (Lipinski definition) is 6. The molecule has 1 saturated heterocycles. The van der Waals surface area contributed by atoms with Crippen LogP contribution >= 0.6 is 11.6 Å². The summed E-state index contributed by atoms with van der Waals surface area (Å²) in [6.45, 7) is 4.70. The van der Waals surface area contributed by atoms with Gasteiger partial charge in [-0.05, 0) is 67.2 Å². The van der Waals surface area contributed by atoms with Crippen LogP contribution in [0.4, 0.5) is 5.69 Å². The van der Waals surface area contributed by atoms with Crippen LogP contribution < -0.4 is 9.64 Å². The fraction of sp³-hybridized carbons (Fsp3) is 0.237. The summed E-state index contributed by atoms with van der Waals surface area (Å²) in [5, 5.41) is 1.66. The van der Waals surface area contributed by atoms with Crippen molar-refractivity contribution in [2.75, 3.05) is 58.8 Å². The van der Waals surface area contributed by atoms with E-state index < -0.39 is 5.97 Å². The van der Waals surface area contributed by atoms with Crippen molar-refractivity contribution in [1.82, 2.24) is 14.8 Å². The van der Waals surface area contributed by atoms with E-state index in [1.165, 1.54) is 7.11 Å². The molecule has 0 amide bonds. The van der Waals surface area contributed by atoms with Gasteiger partial charge in [-0.15, -0.1) is 0 Å². The standard InChI is InChI=1S/C38H37ClN4O3/c1-41(2)20-8-11-28-14-16-30(27-9-5-4-6-10-27)33(37(28)39)26-42-21-23-43(24-22-42)29-15-17-32(38(44)45-3)36(25-29)46-35-13-7-12-34-31(35)18-19-40-34/h4-7,9-10,12-19,25,40H,20-24,26H2,1-3H3. The first kappa shape index (κ1) is 31.3. The molecule has 2 heterocycles. The second-order valence-corrected chi connectivity index (χ2v) is 12.0. The number of nitrogens with zero attached hydrogens (tertiary/aromatic N) is 3. The Morgan fingerprint density at radius 3 is 2.50 bits per heavy atom. The third-order valence-electron chi connectivity index (χ3n) is 8.21. The topological polar surface area (TPSA) is 61.0 Å². The minimum absolute atomic E-state index is 0.383. The van der Waals surface area contributed by atoms with E-state index in [1.807, 2.05) is 73.7 Å². The first-order chi connectivity index (χ1) is 22.4. The van der Waals surface area contributed by atoms with Crippen LogP contribution in [0.3, 0.4) is 0 Å². The summed E-state index contributed by atoms with van der Waals surface area (Å²) in [4.78, 5) is 22.7. The maximum absolute atomic E-state index is 12.7. The number of esters is 1. The SMILES string of the molecule is COC(=O)c1ccc(N2CCN(Cc3c(-c4ccccc4)ccc(C#CCN(C)C)c3Cl)CC2)cc1Oc1cccc2[nH]ccc12. The molecule has 7 nitrogen and oxygen atoms in total. The Bertz CT molecular complexity index is 1900. The number of nitrogens with one attached hydrogen (secondary N) is 1. The molecule has 8 heteroatoms. The van der Waals surface area contributed by atoms with Gasteiger partial charge in [0.2, 0.25) is 0 Å². The summed E-state index contributed by atoms with van der Waals surface area (Å²) in [5.74, 6) is 7.21. The third kappa shape index (κ3) is 6.90. The summed E-state index contributed by atoms with van der Waals surface area (Å²) in [6, 6.07) is 28.0. The number of rotatable bonds is 8. The average Bonchev–Trinajstić information content (AvgIpc) is 3.57. The lowest BCUT2D eigenvalue weighted by atomic mass is 9.96. The van der Waals surface area contributed by atoms with Gasteiger partial charge in [0, 0.05) is 67.1 Å². The molecule has 5 aromatic rings. The molecular formula is C38H37ClN4O3. The molecule has 46 heavy (non-hydrogen) atoms. The highest BCUT2D eigenvalue weighted by Gasteiger charge is 2.23. The molecule has 0 aliphatic carbocycles. The number of aromatic amines is 1. The largest absolute Gasteiger partial charge is 0.465 e. The second-order valence-electron chi connectivity index (χ2n) is 11.6. The van der Waals surface area contributed by atoms with Gasteiger partial charge in [-0.25, -0.2) is 4.79 Å². The first-order valence-corrected chi connectivity index (χ1v) is 15.7. The highest BCUT2D eigenvalue weighted by molar-refractivity contribution is 6.33. The number of H-pyrrole nitrogens is 1. The number of ether oxygens (including phenoxy) is 2. The van der Waals surface area contributed by atoms with Crippen molar-refractivity contribution in [3.63, 3.8) is 0 Å². The molecule has 1 N–H and O–H groups in total. The van der Waals surface area contributed by atoms with Gasteiger partial charge < -0.3 is 19.4 Å². The van der Waals surface area contributed by atoms with Gasteiger partial charge in [0.05, 0.1) is 18.7 Å². The molecular weight excluding hydrogens is 596 g/mol. The van der Waals surface area contributed by atoms with Gasteiger partial charge >= 0.3 is 5.97 Å². The number of anilines is 1. The Morgan fingerprint density at radius 2 is 1.74 bits per heavy atom. The van der Waals surface area contributed by atoms with Crippen molar-refractivity contribution in [3.05, 3.63) is 113 Å². The monoisotopic (exact) mass is 632 g/mol. The van der Waals surface area contributed by atoms with Crippen LogP contribution in [0.15, 0.2) is 91.1 Å². The summed E-state index contributed by atoms with van der Waals surface area (Å²) >= 11 is 7.08. The number of carbonyl (C=O) groups excluding carboxylic acids is 1. The van der Waals surface area contributed by atoms with Crippen LogP contribution in [0.1, 0.15) is 21.5 Å². The van der Waals surface area contributed by atoms with E-state index >= 15 is 0 Å². The van der Waals surface area contributed by atoms with E-state index in [2.05, 4.69) is 57.0 Å². The van der Waals surface area contributed by atoms with E-state index in [9.17, 15) is 4.79 Å². The highest BCUT2D eigenvalue weighted by Crippen LogP contribution is 2.36. The fourth-order valence-corrected chi connectivity index (χ4v) is 6.05. The number of aromatic nitrogens is 1. The lowest BCUT2D eigenvalue weighted by molar-refractivity contribution is 0.0598. The Labute approximate surface area is 275 Å². The van der Waals surface area contributed by atoms with Gasteiger partial charge in [0.15, 0.2) is 0 Å². The predicted octanol–water partition coefficient (Wildman–Crippen LogP) is 7.30. The molecule has 1 fully saturated rings. The zero-order valence-electron chi connectivity index (χ0n) is 26.3. The Morgan fingerprint density at radius 1 is 0.935 bits per heavy atom. The number of carbonyl (C=O) groups is 1.